The van der Waals surface area contributed by atoms with Crippen LogP contribution in [0.15, 0.2) is 18.2 Å². The van der Waals surface area contributed by atoms with Crippen molar-refractivity contribution in [2.24, 2.45) is 0 Å². The van der Waals surface area contributed by atoms with Gasteiger partial charge in [0.1, 0.15) is 0 Å². The van der Waals surface area contributed by atoms with Crippen LogP contribution in [-0.2, 0) is 4.74 Å². The number of H-pyrrole nitrogens is 1. The van der Waals surface area contributed by atoms with Crippen molar-refractivity contribution in [3.05, 3.63) is 18.2 Å². The first kappa shape index (κ1) is 14.7. The summed E-state index contributed by atoms with van der Waals surface area (Å²) >= 11 is 0. The van der Waals surface area contributed by atoms with Gasteiger partial charge < -0.3 is 20.4 Å². The minimum atomic E-state index is 0.461. The molecule has 0 amide bonds. The zero-order valence-corrected chi connectivity index (χ0v) is 12.5. The van der Waals surface area contributed by atoms with Crippen molar-refractivity contribution in [1.82, 2.24) is 9.97 Å². The fourth-order valence-electron chi connectivity index (χ4n) is 2.53. The molecule has 0 fully saturated rings. The average Bonchev–Trinajstić information content (AvgIpc) is 2.86. The van der Waals surface area contributed by atoms with E-state index in [0.29, 0.717) is 12.6 Å². The zero-order valence-electron chi connectivity index (χ0n) is 12.5. The van der Waals surface area contributed by atoms with Crippen molar-refractivity contribution in [3.63, 3.8) is 0 Å². The monoisotopic (exact) mass is 276 g/mol. The van der Waals surface area contributed by atoms with Crippen molar-refractivity contribution < 1.29 is 4.74 Å². The highest BCUT2D eigenvalue weighted by atomic mass is 16.5. The largest absolute Gasteiger partial charge is 0.399 e. The number of aromatic nitrogens is 2. The van der Waals surface area contributed by atoms with E-state index in [9.17, 15) is 0 Å². The normalized spacial score (nSPS) is 11.4. The quantitative estimate of drug-likeness (QED) is 0.763. The second-order valence-corrected chi connectivity index (χ2v) is 4.99. The lowest BCUT2D eigenvalue weighted by molar-refractivity contribution is 0.202. The molecule has 0 aliphatic carbocycles. The lowest BCUT2D eigenvalue weighted by Gasteiger charge is -2.29. The zero-order chi connectivity index (χ0) is 14.5. The van der Waals surface area contributed by atoms with E-state index in [4.69, 9.17) is 10.5 Å². The summed E-state index contributed by atoms with van der Waals surface area (Å²) in [5.41, 5.74) is 8.50. The minimum Gasteiger partial charge on any atom is -0.399 e. The lowest BCUT2D eigenvalue weighted by atomic mass is 10.1. The molecule has 0 aliphatic heterocycles. The Labute approximate surface area is 120 Å². The number of hydrogen-bond donors (Lipinski definition) is 2. The molecule has 0 saturated heterocycles. The number of imidazole rings is 1. The second-order valence-electron chi connectivity index (χ2n) is 4.99. The number of nitrogens with two attached hydrogens (primary N) is 1. The SMILES string of the molecule is CCC(CC)N(CCOC)c1nc2ccc(N)cc2[nH]1. The topological polar surface area (TPSA) is 67.2 Å². The van der Waals surface area contributed by atoms with Crippen LogP contribution in [-0.4, -0.2) is 36.3 Å². The number of nitrogen functional groups attached to an aromatic ring is 1. The smallest absolute Gasteiger partial charge is 0.204 e. The number of methoxy groups -OCH3 is 1. The maximum Gasteiger partial charge on any atom is 0.204 e. The minimum absolute atomic E-state index is 0.461. The van der Waals surface area contributed by atoms with E-state index in [1.807, 2.05) is 18.2 Å². The summed E-state index contributed by atoms with van der Waals surface area (Å²) in [6.07, 6.45) is 2.17. The van der Waals surface area contributed by atoms with Gasteiger partial charge in [-0.1, -0.05) is 13.8 Å². The molecule has 2 rings (SSSR count). The van der Waals surface area contributed by atoms with Crippen molar-refractivity contribution >= 4 is 22.7 Å². The van der Waals surface area contributed by atoms with E-state index in [1.54, 1.807) is 7.11 Å². The summed E-state index contributed by atoms with van der Waals surface area (Å²) in [4.78, 5) is 10.3. The summed E-state index contributed by atoms with van der Waals surface area (Å²) in [6, 6.07) is 6.21. The molecular weight excluding hydrogens is 252 g/mol. The number of aromatic amines is 1. The van der Waals surface area contributed by atoms with Gasteiger partial charge in [0.15, 0.2) is 0 Å². The molecule has 1 heterocycles. The van der Waals surface area contributed by atoms with Crippen molar-refractivity contribution in [3.8, 4) is 0 Å². The predicted molar refractivity (Wildman–Crippen MR) is 84.1 cm³/mol. The van der Waals surface area contributed by atoms with Gasteiger partial charge in [-0.25, -0.2) is 4.98 Å². The fourth-order valence-corrected chi connectivity index (χ4v) is 2.53. The number of ether oxygens (including phenoxy) is 1. The molecule has 0 atom stereocenters. The molecule has 3 N–H and O–H groups in total. The summed E-state index contributed by atoms with van der Waals surface area (Å²) < 4.78 is 5.22. The van der Waals surface area contributed by atoms with Crippen LogP contribution >= 0.6 is 0 Å². The molecule has 20 heavy (non-hydrogen) atoms. The molecule has 0 spiro atoms. The van der Waals surface area contributed by atoms with Crippen LogP contribution in [0.25, 0.3) is 11.0 Å². The number of benzene rings is 1. The van der Waals surface area contributed by atoms with E-state index in [0.717, 1.165) is 42.1 Å². The van der Waals surface area contributed by atoms with Gasteiger partial charge in [0.05, 0.1) is 17.6 Å². The van der Waals surface area contributed by atoms with Gasteiger partial charge >= 0.3 is 0 Å². The third-order valence-electron chi connectivity index (χ3n) is 3.69. The molecule has 0 radical (unpaired) electrons. The first-order valence-electron chi connectivity index (χ1n) is 7.20. The van der Waals surface area contributed by atoms with Gasteiger partial charge in [0, 0.05) is 25.4 Å². The second kappa shape index (κ2) is 6.61. The molecule has 110 valence electrons. The van der Waals surface area contributed by atoms with Gasteiger partial charge in [-0.2, -0.15) is 0 Å². The Balaban J connectivity index is 2.33. The Bertz CT molecular complexity index is 548. The molecule has 5 nitrogen and oxygen atoms in total. The molecule has 2 aromatic rings. The lowest BCUT2D eigenvalue weighted by Crippen LogP contribution is -2.37. The molecule has 1 aromatic heterocycles. The van der Waals surface area contributed by atoms with Gasteiger partial charge in [0.2, 0.25) is 5.95 Å². The molecule has 0 saturated carbocycles. The number of nitrogens with zero attached hydrogens (tertiary/aromatic N) is 2. The molecule has 0 unspecified atom stereocenters. The summed E-state index contributed by atoms with van der Waals surface area (Å²) in [5.74, 6) is 0.899. The average molecular weight is 276 g/mol. The van der Waals surface area contributed by atoms with E-state index in [2.05, 4.69) is 28.7 Å². The first-order valence-corrected chi connectivity index (χ1v) is 7.20. The van der Waals surface area contributed by atoms with Crippen LogP contribution in [0.5, 0.6) is 0 Å². The molecule has 5 heteroatoms. The van der Waals surface area contributed by atoms with Crippen molar-refractivity contribution in [2.45, 2.75) is 32.7 Å². The molecule has 1 aromatic carbocycles. The Morgan fingerprint density at radius 2 is 2.10 bits per heavy atom. The third kappa shape index (κ3) is 3.04. The number of hydrogen-bond acceptors (Lipinski definition) is 4. The third-order valence-corrected chi connectivity index (χ3v) is 3.69. The molecular formula is C15H24N4O. The molecule has 0 bridgehead atoms. The Morgan fingerprint density at radius 1 is 1.35 bits per heavy atom. The highest BCUT2D eigenvalue weighted by Crippen LogP contribution is 2.22. The van der Waals surface area contributed by atoms with Gasteiger partial charge in [-0.15, -0.1) is 0 Å². The maximum atomic E-state index is 5.82. The van der Waals surface area contributed by atoms with Gasteiger partial charge in [0.25, 0.3) is 0 Å². The van der Waals surface area contributed by atoms with Crippen molar-refractivity contribution in [1.29, 1.82) is 0 Å². The maximum absolute atomic E-state index is 5.82. The Morgan fingerprint density at radius 3 is 2.75 bits per heavy atom. The number of fused-ring (bicyclic) bond motifs is 1. The fraction of sp³-hybridized carbons (Fsp3) is 0.533. The van der Waals surface area contributed by atoms with Crippen molar-refractivity contribution in [2.75, 3.05) is 30.9 Å². The van der Waals surface area contributed by atoms with Crippen LogP contribution in [0, 0.1) is 0 Å². The van der Waals surface area contributed by atoms with E-state index < -0.39 is 0 Å². The number of anilines is 2. The highest BCUT2D eigenvalue weighted by molar-refractivity contribution is 5.80. The Kier molecular flexibility index (Phi) is 4.84. The summed E-state index contributed by atoms with van der Waals surface area (Å²) in [6.45, 7) is 5.93. The first-order chi connectivity index (χ1) is 9.69. The standard InChI is InChI=1S/C15H24N4O/c1-4-12(5-2)19(8-9-20-3)15-17-13-7-6-11(16)10-14(13)18-15/h6-7,10,12H,4-5,8-9,16H2,1-3H3,(H,17,18). The predicted octanol–water partition coefficient (Wildman–Crippen LogP) is 2.79. The van der Waals surface area contributed by atoms with E-state index in [-0.39, 0.29) is 0 Å². The van der Waals surface area contributed by atoms with Crippen LogP contribution in [0.1, 0.15) is 26.7 Å². The summed E-state index contributed by atoms with van der Waals surface area (Å²) in [5, 5.41) is 0. The van der Waals surface area contributed by atoms with Crippen LogP contribution in [0.2, 0.25) is 0 Å². The Hall–Kier alpha value is -1.75. The van der Waals surface area contributed by atoms with E-state index in [1.165, 1.54) is 0 Å². The van der Waals surface area contributed by atoms with E-state index >= 15 is 0 Å². The van der Waals surface area contributed by atoms with Gasteiger partial charge in [-0.3, -0.25) is 0 Å². The summed E-state index contributed by atoms with van der Waals surface area (Å²) in [7, 11) is 1.73. The number of nitrogens with one attached hydrogen (secondary N) is 1. The van der Waals surface area contributed by atoms with Crippen LogP contribution in [0.3, 0.4) is 0 Å². The van der Waals surface area contributed by atoms with Crippen LogP contribution in [0.4, 0.5) is 11.6 Å². The number of rotatable bonds is 7. The highest BCUT2D eigenvalue weighted by Gasteiger charge is 2.18. The van der Waals surface area contributed by atoms with Crippen LogP contribution < -0.4 is 10.6 Å². The van der Waals surface area contributed by atoms with Gasteiger partial charge in [-0.05, 0) is 31.0 Å². The molecule has 0 aliphatic rings.